The maximum atomic E-state index is 8.63. The van der Waals surface area contributed by atoms with Crippen molar-refractivity contribution < 1.29 is 42.1 Å². The van der Waals surface area contributed by atoms with E-state index in [1.165, 1.54) is 0 Å². The molecule has 0 rings (SSSR count). The van der Waals surface area contributed by atoms with Crippen LogP contribution in [0.1, 0.15) is 62.3 Å². The van der Waals surface area contributed by atoms with Gasteiger partial charge in [0.25, 0.3) is 0 Å². The third-order valence-corrected chi connectivity index (χ3v) is 0.965. The Labute approximate surface area is 135 Å². The van der Waals surface area contributed by atoms with Crippen molar-refractivity contribution in [2.45, 2.75) is 86.7 Å². The molecule has 0 aliphatic carbocycles. The number of aliphatic hydroxyl groups is 4. The normalized spacial score (nSPS) is 10.6. The summed E-state index contributed by atoms with van der Waals surface area (Å²) in [4.78, 5) is 0. The summed E-state index contributed by atoms with van der Waals surface area (Å²) in [5.41, 5.74) is 0. The van der Waals surface area contributed by atoms with Gasteiger partial charge in [-0.1, -0.05) is 13.8 Å². The molecule has 1 atom stereocenters. The van der Waals surface area contributed by atoms with Gasteiger partial charge in [-0.25, -0.2) is 0 Å². The van der Waals surface area contributed by atoms with Crippen LogP contribution in [0, 0.1) is 5.92 Å². The summed E-state index contributed by atoms with van der Waals surface area (Å²) < 4.78 is 0. The molecule has 4 nitrogen and oxygen atoms in total. The standard InChI is InChI=1S/C5H12O.3C3H8O.Ti/c1-4(2)5(3)6;3*1-3(2)4;/h4-6H,1-3H3;3*3-4H,1-2H3;. The Hall–Kier alpha value is 0.554. The minimum absolute atomic E-state index is 0. The van der Waals surface area contributed by atoms with Gasteiger partial charge in [0.1, 0.15) is 0 Å². The summed E-state index contributed by atoms with van der Waals surface area (Å²) in [6.45, 7) is 16.1. The van der Waals surface area contributed by atoms with Crippen molar-refractivity contribution in [1.29, 1.82) is 0 Å². The van der Waals surface area contributed by atoms with Crippen molar-refractivity contribution in [3.8, 4) is 0 Å². The smallest absolute Gasteiger partial charge is 0.0535 e. The van der Waals surface area contributed by atoms with Crippen molar-refractivity contribution in [1.82, 2.24) is 0 Å². The van der Waals surface area contributed by atoms with E-state index < -0.39 is 0 Å². The van der Waals surface area contributed by atoms with E-state index in [9.17, 15) is 0 Å². The Morgan fingerprint density at radius 3 is 0.526 bits per heavy atom. The van der Waals surface area contributed by atoms with Crippen LogP contribution < -0.4 is 0 Å². The molecule has 0 aromatic heterocycles. The summed E-state index contributed by atoms with van der Waals surface area (Å²) >= 11 is 0. The van der Waals surface area contributed by atoms with E-state index in [0.717, 1.165) is 0 Å². The molecular formula is C14H36O4Ti. The van der Waals surface area contributed by atoms with Crippen LogP contribution in [0.3, 0.4) is 0 Å². The zero-order chi connectivity index (χ0) is 15.9. The number of rotatable bonds is 1. The van der Waals surface area contributed by atoms with E-state index in [1.54, 1.807) is 48.5 Å². The molecule has 0 amide bonds. The predicted octanol–water partition coefficient (Wildman–Crippen LogP) is 2.18. The molecule has 0 saturated heterocycles. The summed E-state index contributed by atoms with van der Waals surface area (Å²) in [5, 5.41) is 32.8. The van der Waals surface area contributed by atoms with E-state index in [0.29, 0.717) is 5.92 Å². The van der Waals surface area contributed by atoms with E-state index in [1.807, 2.05) is 13.8 Å². The second-order valence-corrected chi connectivity index (χ2v) is 5.27. The number of aliphatic hydroxyl groups excluding tert-OH is 4. The fourth-order valence-electron chi connectivity index (χ4n) is 0. The second kappa shape index (κ2) is 23.6. The molecule has 0 radical (unpaired) electrons. The van der Waals surface area contributed by atoms with Gasteiger partial charge in [0.05, 0.1) is 6.10 Å². The molecule has 0 saturated carbocycles. The number of hydrogen-bond acceptors (Lipinski definition) is 4. The SMILES string of the molecule is CC(C)C(C)O.CC(C)O.CC(C)O.CC(C)O.[Ti]. The molecule has 0 heterocycles. The van der Waals surface area contributed by atoms with Gasteiger partial charge in [-0.15, -0.1) is 0 Å². The van der Waals surface area contributed by atoms with E-state index in [2.05, 4.69) is 0 Å². The molecule has 0 aliphatic heterocycles. The zero-order valence-electron chi connectivity index (χ0n) is 14.2. The van der Waals surface area contributed by atoms with E-state index in [4.69, 9.17) is 20.4 Å². The molecule has 0 bridgehead atoms. The summed E-state index contributed by atoms with van der Waals surface area (Å²) in [5.74, 6) is 0.407. The largest absolute Gasteiger partial charge is 0.394 e. The Bertz CT molecular complexity index is 98.1. The van der Waals surface area contributed by atoms with Crippen LogP contribution in [0.25, 0.3) is 0 Å². The maximum Gasteiger partial charge on any atom is 0.0535 e. The first-order valence-corrected chi connectivity index (χ1v) is 6.56. The van der Waals surface area contributed by atoms with E-state index in [-0.39, 0.29) is 46.1 Å². The van der Waals surface area contributed by atoms with Crippen molar-refractivity contribution in [3.05, 3.63) is 0 Å². The molecule has 0 aromatic carbocycles. The average Bonchev–Trinajstić information content (AvgIpc) is 1.99. The maximum absolute atomic E-state index is 8.63. The second-order valence-electron chi connectivity index (χ2n) is 5.27. The van der Waals surface area contributed by atoms with Gasteiger partial charge in [0.15, 0.2) is 0 Å². The Morgan fingerprint density at radius 2 is 0.526 bits per heavy atom. The van der Waals surface area contributed by atoms with Crippen LogP contribution in [0.15, 0.2) is 0 Å². The fourth-order valence-corrected chi connectivity index (χ4v) is 0. The first kappa shape index (κ1) is 31.8. The molecule has 0 aromatic rings. The molecule has 19 heavy (non-hydrogen) atoms. The first-order chi connectivity index (χ1) is 7.84. The zero-order valence-corrected chi connectivity index (χ0v) is 15.7. The predicted molar refractivity (Wildman–Crippen MR) is 78.6 cm³/mol. The molecule has 0 aliphatic rings. The molecular weight excluding hydrogens is 280 g/mol. The summed E-state index contributed by atoms with van der Waals surface area (Å²) in [6.07, 6.45) is -0.648. The Balaban J connectivity index is -0.0000000459. The van der Waals surface area contributed by atoms with Gasteiger partial charge < -0.3 is 20.4 Å². The van der Waals surface area contributed by atoms with Gasteiger partial charge in [0.2, 0.25) is 0 Å². The summed E-state index contributed by atoms with van der Waals surface area (Å²) in [7, 11) is 0. The van der Waals surface area contributed by atoms with Crippen molar-refractivity contribution in [2.24, 2.45) is 5.92 Å². The molecule has 5 heteroatoms. The molecule has 0 spiro atoms. The van der Waals surface area contributed by atoms with Crippen LogP contribution in [0.4, 0.5) is 0 Å². The van der Waals surface area contributed by atoms with Gasteiger partial charge in [-0.2, -0.15) is 0 Å². The first-order valence-electron chi connectivity index (χ1n) is 6.56. The van der Waals surface area contributed by atoms with Gasteiger partial charge in [-0.3, -0.25) is 0 Å². The van der Waals surface area contributed by atoms with Crippen LogP contribution in [0.5, 0.6) is 0 Å². The molecule has 0 fully saturated rings. The minimum atomic E-state index is -0.167. The van der Waals surface area contributed by atoms with Gasteiger partial charge in [-0.05, 0) is 54.4 Å². The third kappa shape index (κ3) is 245. The van der Waals surface area contributed by atoms with Crippen LogP contribution in [-0.2, 0) is 21.7 Å². The minimum Gasteiger partial charge on any atom is -0.394 e. The third-order valence-electron chi connectivity index (χ3n) is 0.965. The summed E-state index contributed by atoms with van der Waals surface area (Å²) in [6, 6.07) is 0. The average molecular weight is 316 g/mol. The van der Waals surface area contributed by atoms with Crippen LogP contribution in [-0.4, -0.2) is 44.8 Å². The van der Waals surface area contributed by atoms with Crippen LogP contribution in [0.2, 0.25) is 0 Å². The molecule has 120 valence electrons. The van der Waals surface area contributed by atoms with Crippen molar-refractivity contribution >= 4 is 0 Å². The molecule has 1 unspecified atom stereocenters. The fraction of sp³-hybridized carbons (Fsp3) is 1.00. The Kier molecular flexibility index (Phi) is 39.5. The quantitative estimate of drug-likeness (QED) is 0.559. The molecule has 4 N–H and O–H groups in total. The monoisotopic (exact) mass is 316 g/mol. The van der Waals surface area contributed by atoms with Crippen molar-refractivity contribution in [2.75, 3.05) is 0 Å². The van der Waals surface area contributed by atoms with Crippen molar-refractivity contribution in [3.63, 3.8) is 0 Å². The van der Waals surface area contributed by atoms with Gasteiger partial charge >= 0.3 is 0 Å². The number of hydrogen-bond donors (Lipinski definition) is 4. The topological polar surface area (TPSA) is 80.9 Å². The van der Waals surface area contributed by atoms with Gasteiger partial charge in [0, 0.05) is 40.0 Å². The Morgan fingerprint density at radius 1 is 0.474 bits per heavy atom. The van der Waals surface area contributed by atoms with E-state index >= 15 is 0 Å². The van der Waals surface area contributed by atoms with Crippen LogP contribution >= 0.6 is 0 Å².